The minimum atomic E-state index is -1.22. The third-order valence-corrected chi connectivity index (χ3v) is 2.84. The lowest BCUT2D eigenvalue weighted by atomic mass is 10.2. The molecule has 3 nitrogen and oxygen atoms in total. The standard InChI is InChI=1S/C13H7Cl2FO3/c14-8-2-3-9(15)12(6-8)19-11-4-1-7(13(17)18)5-10(11)16/h1-6H,(H,17,18). The number of aromatic carboxylic acids is 1. The molecule has 6 heteroatoms. The molecule has 0 aliphatic carbocycles. The molecule has 0 heterocycles. The SMILES string of the molecule is O=C(O)c1ccc(Oc2cc(Cl)ccc2Cl)c(F)c1. The van der Waals surface area contributed by atoms with Crippen LogP contribution in [0.15, 0.2) is 36.4 Å². The molecule has 2 rings (SSSR count). The van der Waals surface area contributed by atoms with Gasteiger partial charge >= 0.3 is 5.97 Å². The first-order valence-corrected chi connectivity index (χ1v) is 5.88. The van der Waals surface area contributed by atoms with Crippen LogP contribution < -0.4 is 4.74 Å². The van der Waals surface area contributed by atoms with Gasteiger partial charge in [0.25, 0.3) is 0 Å². The number of rotatable bonds is 3. The van der Waals surface area contributed by atoms with Gasteiger partial charge in [-0.1, -0.05) is 23.2 Å². The van der Waals surface area contributed by atoms with Crippen molar-refractivity contribution in [2.45, 2.75) is 0 Å². The summed E-state index contributed by atoms with van der Waals surface area (Å²) in [6, 6.07) is 7.85. The first-order valence-electron chi connectivity index (χ1n) is 5.13. The first-order chi connectivity index (χ1) is 8.97. The molecule has 0 amide bonds. The lowest BCUT2D eigenvalue weighted by Gasteiger charge is -2.09. The zero-order chi connectivity index (χ0) is 14.0. The van der Waals surface area contributed by atoms with Gasteiger partial charge in [-0.2, -0.15) is 0 Å². The molecule has 0 radical (unpaired) electrons. The normalized spacial score (nSPS) is 10.3. The Morgan fingerprint density at radius 3 is 2.47 bits per heavy atom. The van der Waals surface area contributed by atoms with Crippen LogP contribution in [-0.2, 0) is 0 Å². The number of ether oxygens (including phenoxy) is 1. The highest BCUT2D eigenvalue weighted by Gasteiger charge is 2.11. The fourth-order valence-corrected chi connectivity index (χ4v) is 1.71. The smallest absolute Gasteiger partial charge is 0.335 e. The molecular weight excluding hydrogens is 294 g/mol. The van der Waals surface area contributed by atoms with E-state index in [2.05, 4.69) is 0 Å². The van der Waals surface area contributed by atoms with E-state index in [9.17, 15) is 9.18 Å². The Morgan fingerprint density at radius 2 is 1.84 bits per heavy atom. The van der Waals surface area contributed by atoms with Gasteiger partial charge in [-0.25, -0.2) is 9.18 Å². The molecule has 0 bridgehead atoms. The van der Waals surface area contributed by atoms with Crippen LogP contribution in [-0.4, -0.2) is 11.1 Å². The van der Waals surface area contributed by atoms with Crippen LogP contribution in [0, 0.1) is 5.82 Å². The Morgan fingerprint density at radius 1 is 1.11 bits per heavy atom. The van der Waals surface area contributed by atoms with E-state index in [0.717, 1.165) is 6.07 Å². The summed E-state index contributed by atoms with van der Waals surface area (Å²) in [5.74, 6) is -1.95. The second kappa shape index (κ2) is 5.47. The van der Waals surface area contributed by atoms with Crippen LogP contribution in [0.2, 0.25) is 10.0 Å². The third kappa shape index (κ3) is 3.16. The second-order valence-electron chi connectivity index (χ2n) is 3.63. The van der Waals surface area contributed by atoms with Crippen molar-refractivity contribution in [3.8, 4) is 11.5 Å². The van der Waals surface area contributed by atoms with Crippen molar-refractivity contribution >= 4 is 29.2 Å². The molecule has 0 unspecified atom stereocenters. The minimum absolute atomic E-state index is 0.130. The van der Waals surface area contributed by atoms with Gasteiger partial charge in [-0.15, -0.1) is 0 Å². The fourth-order valence-electron chi connectivity index (χ4n) is 1.39. The Hall–Kier alpha value is -1.78. The molecule has 19 heavy (non-hydrogen) atoms. The highest BCUT2D eigenvalue weighted by atomic mass is 35.5. The maximum Gasteiger partial charge on any atom is 0.335 e. The second-order valence-corrected chi connectivity index (χ2v) is 4.47. The van der Waals surface area contributed by atoms with Gasteiger partial charge in [-0.3, -0.25) is 0 Å². The number of carboxylic acids is 1. The van der Waals surface area contributed by atoms with Gasteiger partial charge in [-0.05, 0) is 30.3 Å². The molecule has 0 atom stereocenters. The van der Waals surface area contributed by atoms with Gasteiger partial charge in [0.15, 0.2) is 11.6 Å². The monoisotopic (exact) mass is 300 g/mol. The molecule has 1 N–H and O–H groups in total. The molecule has 0 fully saturated rings. The molecule has 0 saturated heterocycles. The van der Waals surface area contributed by atoms with Crippen LogP contribution in [0.5, 0.6) is 11.5 Å². The van der Waals surface area contributed by atoms with E-state index in [4.69, 9.17) is 33.0 Å². The minimum Gasteiger partial charge on any atom is -0.478 e. The van der Waals surface area contributed by atoms with Gasteiger partial charge < -0.3 is 9.84 Å². The van der Waals surface area contributed by atoms with E-state index in [1.165, 1.54) is 24.3 Å². The first kappa shape index (κ1) is 13.6. The Kier molecular flexibility index (Phi) is 3.93. The van der Waals surface area contributed by atoms with Gasteiger partial charge in [0.2, 0.25) is 0 Å². The average molecular weight is 301 g/mol. The number of hydrogen-bond acceptors (Lipinski definition) is 2. The molecule has 98 valence electrons. The highest BCUT2D eigenvalue weighted by molar-refractivity contribution is 6.34. The fraction of sp³-hybridized carbons (Fsp3) is 0. The zero-order valence-electron chi connectivity index (χ0n) is 9.36. The van der Waals surface area contributed by atoms with E-state index in [0.29, 0.717) is 5.02 Å². The van der Waals surface area contributed by atoms with Crippen LogP contribution in [0.1, 0.15) is 10.4 Å². The van der Waals surface area contributed by atoms with E-state index < -0.39 is 11.8 Å². The van der Waals surface area contributed by atoms with Crippen molar-refractivity contribution in [1.29, 1.82) is 0 Å². The van der Waals surface area contributed by atoms with Crippen molar-refractivity contribution in [2.24, 2.45) is 0 Å². The van der Waals surface area contributed by atoms with Crippen molar-refractivity contribution in [2.75, 3.05) is 0 Å². The van der Waals surface area contributed by atoms with Crippen LogP contribution >= 0.6 is 23.2 Å². The summed E-state index contributed by atoms with van der Waals surface area (Å²) in [6.07, 6.45) is 0. The average Bonchev–Trinajstić information content (AvgIpc) is 2.36. The summed E-state index contributed by atoms with van der Waals surface area (Å²) in [7, 11) is 0. The zero-order valence-corrected chi connectivity index (χ0v) is 10.9. The number of benzene rings is 2. The summed E-state index contributed by atoms with van der Waals surface area (Å²) in [4.78, 5) is 10.7. The molecule has 0 saturated carbocycles. The van der Waals surface area contributed by atoms with Crippen LogP contribution in [0.3, 0.4) is 0 Å². The summed E-state index contributed by atoms with van der Waals surface area (Å²) >= 11 is 11.7. The molecule has 0 aliphatic rings. The van der Waals surface area contributed by atoms with Gasteiger partial charge in [0.1, 0.15) is 5.75 Å². The largest absolute Gasteiger partial charge is 0.478 e. The van der Waals surface area contributed by atoms with E-state index in [1.54, 1.807) is 6.07 Å². The molecular formula is C13H7Cl2FO3. The Labute approximate surface area is 118 Å². The van der Waals surface area contributed by atoms with E-state index in [-0.39, 0.29) is 22.1 Å². The van der Waals surface area contributed by atoms with Crippen molar-refractivity contribution < 1.29 is 19.0 Å². The Balaban J connectivity index is 2.33. The number of carboxylic acid groups (broad SMARTS) is 1. The number of halogens is 3. The van der Waals surface area contributed by atoms with Crippen molar-refractivity contribution in [3.63, 3.8) is 0 Å². The molecule has 0 spiro atoms. The quantitative estimate of drug-likeness (QED) is 0.899. The summed E-state index contributed by atoms with van der Waals surface area (Å²) < 4.78 is 18.9. The predicted molar refractivity (Wildman–Crippen MR) is 69.9 cm³/mol. The number of hydrogen-bond donors (Lipinski definition) is 1. The molecule has 2 aromatic rings. The molecule has 0 aromatic heterocycles. The van der Waals surface area contributed by atoms with Crippen molar-refractivity contribution in [1.82, 2.24) is 0 Å². The molecule has 2 aromatic carbocycles. The molecule has 0 aliphatic heterocycles. The maximum absolute atomic E-state index is 13.7. The van der Waals surface area contributed by atoms with E-state index in [1.807, 2.05) is 0 Å². The highest BCUT2D eigenvalue weighted by Crippen LogP contribution is 2.33. The summed E-state index contributed by atoms with van der Waals surface area (Å²) in [5, 5.41) is 9.38. The lowest BCUT2D eigenvalue weighted by molar-refractivity contribution is 0.0696. The third-order valence-electron chi connectivity index (χ3n) is 2.29. The lowest BCUT2D eigenvalue weighted by Crippen LogP contribution is -1.98. The predicted octanol–water partition coefficient (Wildman–Crippen LogP) is 4.62. The van der Waals surface area contributed by atoms with Crippen molar-refractivity contribution in [3.05, 3.63) is 57.8 Å². The van der Waals surface area contributed by atoms with Gasteiger partial charge in [0.05, 0.1) is 10.6 Å². The van der Waals surface area contributed by atoms with Crippen LogP contribution in [0.25, 0.3) is 0 Å². The maximum atomic E-state index is 13.7. The Bertz CT molecular complexity index is 644. The van der Waals surface area contributed by atoms with E-state index >= 15 is 0 Å². The summed E-state index contributed by atoms with van der Waals surface area (Å²) in [5.41, 5.74) is -0.165. The summed E-state index contributed by atoms with van der Waals surface area (Å²) in [6.45, 7) is 0. The van der Waals surface area contributed by atoms with Gasteiger partial charge in [0, 0.05) is 11.1 Å². The van der Waals surface area contributed by atoms with Crippen LogP contribution in [0.4, 0.5) is 4.39 Å². The topological polar surface area (TPSA) is 46.5 Å². The number of carbonyl (C=O) groups is 1.